The van der Waals surface area contributed by atoms with Gasteiger partial charge in [0, 0.05) is 18.4 Å². The zero-order valence-corrected chi connectivity index (χ0v) is 12.1. The van der Waals surface area contributed by atoms with Crippen LogP contribution < -0.4 is 10.5 Å². The fourth-order valence-corrected chi connectivity index (χ4v) is 2.17. The maximum absolute atomic E-state index is 11.9. The van der Waals surface area contributed by atoms with E-state index in [1.807, 2.05) is 25.1 Å². The fraction of sp³-hybridized carbons (Fsp3) is 0.562. The van der Waals surface area contributed by atoms with Gasteiger partial charge in [-0.05, 0) is 32.4 Å². The average molecular weight is 263 g/mol. The summed E-state index contributed by atoms with van der Waals surface area (Å²) in [5, 5.41) is 0. The molecule has 0 unspecified atom stereocenters. The molecule has 1 aromatic carbocycles. The monoisotopic (exact) mass is 263 g/mol. The molecule has 106 valence electrons. The molecule has 0 aromatic heterocycles. The number of carbonyl (C=O) groups excluding carboxylic acids is 1. The van der Waals surface area contributed by atoms with Gasteiger partial charge in [-0.25, -0.2) is 0 Å². The Morgan fingerprint density at radius 1 is 1.21 bits per heavy atom. The highest BCUT2D eigenvalue weighted by atomic mass is 16.5. The van der Waals surface area contributed by atoms with E-state index in [9.17, 15) is 4.79 Å². The van der Waals surface area contributed by atoms with Crippen LogP contribution in [0.1, 0.15) is 43.2 Å². The number of rotatable bonds is 9. The van der Waals surface area contributed by atoms with Crippen LogP contribution in [-0.2, 0) is 11.2 Å². The Hall–Kier alpha value is -1.35. The van der Waals surface area contributed by atoms with Crippen molar-refractivity contribution in [2.45, 2.75) is 45.4 Å². The summed E-state index contributed by atoms with van der Waals surface area (Å²) in [5.74, 6) is 1.10. The van der Waals surface area contributed by atoms with Crippen molar-refractivity contribution in [3.05, 3.63) is 29.3 Å². The summed E-state index contributed by atoms with van der Waals surface area (Å²) in [4.78, 5) is 11.9. The minimum Gasteiger partial charge on any atom is -0.496 e. The number of ketones is 1. The molecule has 0 saturated carbocycles. The molecule has 19 heavy (non-hydrogen) atoms. The lowest BCUT2D eigenvalue weighted by molar-refractivity contribution is -0.118. The molecule has 0 aliphatic rings. The molecule has 0 atom stereocenters. The molecule has 0 aliphatic heterocycles. The van der Waals surface area contributed by atoms with Crippen LogP contribution in [0.5, 0.6) is 5.75 Å². The molecule has 0 aliphatic carbocycles. The lowest BCUT2D eigenvalue weighted by Crippen LogP contribution is -2.05. The third-order valence-electron chi connectivity index (χ3n) is 3.23. The van der Waals surface area contributed by atoms with E-state index < -0.39 is 0 Å². The molecule has 3 nitrogen and oxygen atoms in total. The van der Waals surface area contributed by atoms with Crippen LogP contribution >= 0.6 is 0 Å². The molecular formula is C16H25NO2. The number of unbranched alkanes of at least 4 members (excludes halogenated alkanes) is 3. The normalized spacial score (nSPS) is 10.5. The highest BCUT2D eigenvalue weighted by molar-refractivity contribution is 5.81. The lowest BCUT2D eigenvalue weighted by Gasteiger charge is -2.09. The standard InChI is InChI=1S/C16H25NO2/c1-13-8-9-16(19-2)14(11-13)12-15(18)7-5-3-4-6-10-17/h8-9,11H,3-7,10,12,17H2,1-2H3. The molecule has 0 spiro atoms. The second-order valence-electron chi connectivity index (χ2n) is 4.98. The number of aryl methyl sites for hydroxylation is 1. The molecule has 0 bridgehead atoms. The van der Waals surface area contributed by atoms with Crippen LogP contribution in [0, 0.1) is 6.92 Å². The molecule has 0 saturated heterocycles. The van der Waals surface area contributed by atoms with E-state index in [0.717, 1.165) is 49.1 Å². The van der Waals surface area contributed by atoms with Crippen LogP contribution in [0.4, 0.5) is 0 Å². The number of carbonyl (C=O) groups is 1. The highest BCUT2D eigenvalue weighted by Gasteiger charge is 2.08. The predicted octanol–water partition coefficient (Wildman–Crippen LogP) is 3.02. The molecule has 0 amide bonds. The summed E-state index contributed by atoms with van der Waals surface area (Å²) in [5.41, 5.74) is 7.59. The maximum Gasteiger partial charge on any atom is 0.137 e. The van der Waals surface area contributed by atoms with Gasteiger partial charge in [0.15, 0.2) is 0 Å². The SMILES string of the molecule is COc1ccc(C)cc1CC(=O)CCCCCCN. The van der Waals surface area contributed by atoms with Gasteiger partial charge >= 0.3 is 0 Å². The maximum atomic E-state index is 11.9. The van der Waals surface area contributed by atoms with E-state index >= 15 is 0 Å². The molecule has 2 N–H and O–H groups in total. The number of ether oxygens (including phenoxy) is 1. The summed E-state index contributed by atoms with van der Waals surface area (Å²) < 4.78 is 5.29. The zero-order chi connectivity index (χ0) is 14.1. The number of hydrogen-bond acceptors (Lipinski definition) is 3. The summed E-state index contributed by atoms with van der Waals surface area (Å²) >= 11 is 0. The molecule has 1 rings (SSSR count). The van der Waals surface area contributed by atoms with Gasteiger partial charge in [0.25, 0.3) is 0 Å². The Morgan fingerprint density at radius 2 is 1.95 bits per heavy atom. The number of benzene rings is 1. The minimum absolute atomic E-state index is 0.289. The van der Waals surface area contributed by atoms with Gasteiger partial charge in [-0.15, -0.1) is 0 Å². The van der Waals surface area contributed by atoms with Crippen molar-refractivity contribution < 1.29 is 9.53 Å². The first kappa shape index (κ1) is 15.7. The molecule has 0 heterocycles. The predicted molar refractivity (Wildman–Crippen MR) is 78.6 cm³/mol. The number of Topliss-reactive ketones (excluding diaryl/α,β-unsaturated/α-hetero) is 1. The zero-order valence-electron chi connectivity index (χ0n) is 12.1. The van der Waals surface area contributed by atoms with Crippen molar-refractivity contribution in [1.82, 2.24) is 0 Å². The van der Waals surface area contributed by atoms with E-state index in [2.05, 4.69) is 0 Å². The van der Waals surface area contributed by atoms with E-state index in [4.69, 9.17) is 10.5 Å². The summed E-state index contributed by atoms with van der Waals surface area (Å²) in [7, 11) is 1.64. The van der Waals surface area contributed by atoms with Crippen LogP contribution in [0.15, 0.2) is 18.2 Å². The Bertz CT molecular complexity index is 402. The first-order valence-corrected chi connectivity index (χ1v) is 7.02. The van der Waals surface area contributed by atoms with Crippen molar-refractivity contribution in [3.8, 4) is 5.75 Å². The fourth-order valence-electron chi connectivity index (χ4n) is 2.17. The Kier molecular flexibility index (Phi) is 7.19. The van der Waals surface area contributed by atoms with Gasteiger partial charge in [0.2, 0.25) is 0 Å². The van der Waals surface area contributed by atoms with Gasteiger partial charge in [-0.3, -0.25) is 4.79 Å². The van der Waals surface area contributed by atoms with Crippen molar-refractivity contribution in [2.24, 2.45) is 5.73 Å². The first-order valence-electron chi connectivity index (χ1n) is 7.02. The number of nitrogens with two attached hydrogens (primary N) is 1. The molecule has 1 aromatic rings. The topological polar surface area (TPSA) is 52.3 Å². The average Bonchev–Trinajstić information content (AvgIpc) is 2.39. The molecule has 0 radical (unpaired) electrons. The number of methoxy groups -OCH3 is 1. The van der Waals surface area contributed by atoms with Crippen LogP contribution in [0.25, 0.3) is 0 Å². The number of hydrogen-bond donors (Lipinski definition) is 1. The lowest BCUT2D eigenvalue weighted by atomic mass is 10.0. The van der Waals surface area contributed by atoms with Crippen LogP contribution in [-0.4, -0.2) is 19.4 Å². The first-order chi connectivity index (χ1) is 9.17. The van der Waals surface area contributed by atoms with Gasteiger partial charge in [0.05, 0.1) is 7.11 Å². The van der Waals surface area contributed by atoms with Crippen molar-refractivity contribution in [2.75, 3.05) is 13.7 Å². The largest absolute Gasteiger partial charge is 0.496 e. The van der Waals surface area contributed by atoms with E-state index in [1.54, 1.807) is 7.11 Å². The van der Waals surface area contributed by atoms with Gasteiger partial charge in [-0.1, -0.05) is 30.5 Å². The van der Waals surface area contributed by atoms with E-state index in [0.29, 0.717) is 12.8 Å². The van der Waals surface area contributed by atoms with Crippen LogP contribution in [0.3, 0.4) is 0 Å². The Balaban J connectivity index is 2.41. The third-order valence-corrected chi connectivity index (χ3v) is 3.23. The third kappa shape index (κ3) is 5.88. The summed E-state index contributed by atoms with van der Waals surface area (Å²) in [6, 6.07) is 5.96. The van der Waals surface area contributed by atoms with Crippen molar-refractivity contribution in [1.29, 1.82) is 0 Å². The van der Waals surface area contributed by atoms with Gasteiger partial charge in [0.1, 0.15) is 11.5 Å². The second kappa shape index (κ2) is 8.70. The quantitative estimate of drug-likeness (QED) is 0.697. The Morgan fingerprint density at radius 3 is 2.63 bits per heavy atom. The Labute approximate surface area is 116 Å². The highest BCUT2D eigenvalue weighted by Crippen LogP contribution is 2.21. The van der Waals surface area contributed by atoms with E-state index in [-0.39, 0.29) is 5.78 Å². The van der Waals surface area contributed by atoms with Crippen LogP contribution in [0.2, 0.25) is 0 Å². The summed E-state index contributed by atoms with van der Waals surface area (Å²) in [6.45, 7) is 2.77. The van der Waals surface area contributed by atoms with Crippen molar-refractivity contribution >= 4 is 5.78 Å². The second-order valence-corrected chi connectivity index (χ2v) is 4.98. The minimum atomic E-state index is 0.289. The molecular weight excluding hydrogens is 238 g/mol. The van der Waals surface area contributed by atoms with Gasteiger partial charge in [-0.2, -0.15) is 0 Å². The molecule has 0 fully saturated rings. The summed E-state index contributed by atoms with van der Waals surface area (Å²) in [6.07, 6.45) is 5.36. The van der Waals surface area contributed by atoms with E-state index in [1.165, 1.54) is 0 Å². The van der Waals surface area contributed by atoms with Gasteiger partial charge < -0.3 is 10.5 Å². The van der Waals surface area contributed by atoms with Crippen molar-refractivity contribution in [3.63, 3.8) is 0 Å². The molecule has 3 heteroatoms. The smallest absolute Gasteiger partial charge is 0.137 e.